The second kappa shape index (κ2) is 2.53. The van der Waals surface area contributed by atoms with Gasteiger partial charge in [-0.2, -0.15) is 0 Å². The summed E-state index contributed by atoms with van der Waals surface area (Å²) in [5.41, 5.74) is 4.71. The third-order valence-corrected chi connectivity index (χ3v) is 5.47. The fourth-order valence-corrected chi connectivity index (χ4v) is 4.55. The van der Waals surface area contributed by atoms with Gasteiger partial charge in [0, 0.05) is 10.8 Å². The molecule has 14 heavy (non-hydrogen) atoms. The van der Waals surface area contributed by atoms with Crippen LogP contribution in [0.25, 0.3) is 0 Å². The van der Waals surface area contributed by atoms with Crippen molar-refractivity contribution in [2.45, 2.75) is 52.4 Å². The predicted molar refractivity (Wildman–Crippen MR) is 60.1 cm³/mol. The Bertz CT molecular complexity index is 302. The summed E-state index contributed by atoms with van der Waals surface area (Å²) >= 11 is 0. The highest BCUT2D eigenvalue weighted by atomic mass is 14.6. The van der Waals surface area contributed by atoms with Crippen molar-refractivity contribution in [3.05, 3.63) is 23.3 Å². The molecule has 3 aliphatic carbocycles. The van der Waals surface area contributed by atoms with E-state index in [-0.39, 0.29) is 0 Å². The first kappa shape index (κ1) is 8.76. The van der Waals surface area contributed by atoms with Gasteiger partial charge in [-0.25, -0.2) is 0 Å². The fraction of sp³-hybridized carbons (Fsp3) is 0.714. The molecule has 0 N–H and O–H groups in total. The van der Waals surface area contributed by atoms with E-state index in [0.717, 1.165) is 0 Å². The zero-order valence-electron chi connectivity index (χ0n) is 9.40. The first-order chi connectivity index (χ1) is 6.73. The minimum Gasteiger partial charge on any atom is -0.0876 e. The van der Waals surface area contributed by atoms with Crippen molar-refractivity contribution in [2.75, 3.05) is 0 Å². The lowest BCUT2D eigenvalue weighted by molar-refractivity contribution is 0.00556. The summed E-state index contributed by atoms with van der Waals surface area (Å²) < 4.78 is 0. The molecular formula is C14H20. The van der Waals surface area contributed by atoms with Gasteiger partial charge < -0.3 is 0 Å². The van der Waals surface area contributed by atoms with Crippen LogP contribution in [-0.2, 0) is 0 Å². The molecule has 0 nitrogen and oxygen atoms in total. The van der Waals surface area contributed by atoms with Crippen LogP contribution in [0, 0.1) is 10.8 Å². The van der Waals surface area contributed by atoms with Crippen LogP contribution in [0.15, 0.2) is 23.3 Å². The molecule has 0 aromatic heterocycles. The zero-order valence-corrected chi connectivity index (χ0v) is 9.40. The van der Waals surface area contributed by atoms with Crippen LogP contribution in [0.2, 0.25) is 0 Å². The van der Waals surface area contributed by atoms with Crippen LogP contribution in [0.5, 0.6) is 0 Å². The molecule has 0 radical (unpaired) electrons. The summed E-state index contributed by atoms with van der Waals surface area (Å²) in [4.78, 5) is 0. The average Bonchev–Trinajstić information content (AvgIpc) is 2.26. The van der Waals surface area contributed by atoms with Gasteiger partial charge in [-0.3, -0.25) is 0 Å². The SMILES string of the molecule is CC1=C(C)[C@]23CC=CC[C@]12CCCC3. The first-order valence-corrected chi connectivity index (χ1v) is 6.06. The lowest BCUT2D eigenvalue weighted by Gasteiger charge is -2.65. The molecule has 76 valence electrons. The maximum atomic E-state index is 2.43. The molecule has 0 heterocycles. The summed E-state index contributed by atoms with van der Waals surface area (Å²) in [5.74, 6) is 0. The van der Waals surface area contributed by atoms with Crippen molar-refractivity contribution in [3.63, 3.8) is 0 Å². The van der Waals surface area contributed by atoms with Gasteiger partial charge in [0.15, 0.2) is 0 Å². The Labute approximate surface area is 87.1 Å². The van der Waals surface area contributed by atoms with Gasteiger partial charge >= 0.3 is 0 Å². The van der Waals surface area contributed by atoms with Gasteiger partial charge in [0.05, 0.1) is 0 Å². The van der Waals surface area contributed by atoms with E-state index < -0.39 is 0 Å². The Morgan fingerprint density at radius 2 is 1.29 bits per heavy atom. The highest BCUT2D eigenvalue weighted by Gasteiger charge is 2.61. The van der Waals surface area contributed by atoms with E-state index in [1.165, 1.54) is 38.5 Å². The van der Waals surface area contributed by atoms with Crippen LogP contribution in [0.1, 0.15) is 52.4 Å². The Balaban J connectivity index is 2.13. The smallest absolute Gasteiger partial charge is 0.00429 e. The molecule has 0 saturated heterocycles. The van der Waals surface area contributed by atoms with Crippen molar-refractivity contribution in [1.82, 2.24) is 0 Å². The molecule has 0 spiro atoms. The lowest BCUT2D eigenvalue weighted by Crippen LogP contribution is -2.55. The van der Waals surface area contributed by atoms with Gasteiger partial charge in [0.1, 0.15) is 0 Å². The monoisotopic (exact) mass is 188 g/mol. The topological polar surface area (TPSA) is 0 Å². The molecule has 1 saturated carbocycles. The molecule has 0 bridgehead atoms. The maximum Gasteiger partial charge on any atom is 0.00429 e. The molecule has 1 fully saturated rings. The molecule has 2 atom stereocenters. The van der Waals surface area contributed by atoms with E-state index in [2.05, 4.69) is 26.0 Å². The van der Waals surface area contributed by atoms with Crippen LogP contribution in [-0.4, -0.2) is 0 Å². The largest absolute Gasteiger partial charge is 0.0876 e. The third-order valence-electron chi connectivity index (χ3n) is 5.47. The summed E-state index contributed by atoms with van der Waals surface area (Å²) in [6.45, 7) is 4.77. The Kier molecular flexibility index (Phi) is 1.59. The van der Waals surface area contributed by atoms with E-state index in [9.17, 15) is 0 Å². The molecular weight excluding hydrogens is 168 g/mol. The average molecular weight is 188 g/mol. The van der Waals surface area contributed by atoms with Gasteiger partial charge in [0.25, 0.3) is 0 Å². The molecule has 0 aromatic carbocycles. The van der Waals surface area contributed by atoms with Crippen molar-refractivity contribution >= 4 is 0 Å². The van der Waals surface area contributed by atoms with E-state index in [1.54, 1.807) is 11.1 Å². The summed E-state index contributed by atoms with van der Waals surface area (Å²) in [6, 6.07) is 0. The quantitative estimate of drug-likeness (QED) is 0.499. The van der Waals surface area contributed by atoms with E-state index >= 15 is 0 Å². The highest BCUT2D eigenvalue weighted by molar-refractivity contribution is 5.45. The fourth-order valence-electron chi connectivity index (χ4n) is 4.55. The molecule has 0 unspecified atom stereocenters. The van der Waals surface area contributed by atoms with Crippen molar-refractivity contribution in [2.24, 2.45) is 10.8 Å². The van der Waals surface area contributed by atoms with Crippen molar-refractivity contribution < 1.29 is 0 Å². The molecule has 0 amide bonds. The molecule has 0 heteroatoms. The summed E-state index contributed by atoms with van der Waals surface area (Å²) in [6.07, 6.45) is 13.4. The Morgan fingerprint density at radius 1 is 0.857 bits per heavy atom. The molecule has 0 aromatic rings. The molecule has 3 rings (SSSR count). The van der Waals surface area contributed by atoms with Gasteiger partial charge in [-0.05, 0) is 39.5 Å². The van der Waals surface area contributed by atoms with Crippen LogP contribution >= 0.6 is 0 Å². The van der Waals surface area contributed by atoms with E-state index in [4.69, 9.17) is 0 Å². The van der Waals surface area contributed by atoms with Crippen molar-refractivity contribution in [1.29, 1.82) is 0 Å². The van der Waals surface area contributed by atoms with Crippen LogP contribution in [0.4, 0.5) is 0 Å². The number of hydrogen-bond donors (Lipinski definition) is 0. The zero-order chi connectivity index (χ0) is 9.81. The standard InChI is InChI=1S/C14H20/c1-11-12(2)14-9-5-3-7-13(11,14)8-4-6-10-14/h3,5H,4,6-10H2,1-2H3/t13-,14+. The molecule has 3 aliphatic rings. The van der Waals surface area contributed by atoms with Crippen molar-refractivity contribution in [3.8, 4) is 0 Å². The van der Waals surface area contributed by atoms with Gasteiger partial charge in [0.2, 0.25) is 0 Å². The third kappa shape index (κ3) is 0.699. The Hall–Kier alpha value is -0.520. The number of allylic oxidation sites excluding steroid dienone is 4. The first-order valence-electron chi connectivity index (χ1n) is 6.06. The Morgan fingerprint density at radius 3 is 1.71 bits per heavy atom. The number of rotatable bonds is 0. The highest BCUT2D eigenvalue weighted by Crippen LogP contribution is 2.71. The predicted octanol–water partition coefficient (Wildman–Crippen LogP) is 4.23. The normalized spacial score (nSPS) is 45.6. The minimum absolute atomic E-state index is 0.615. The van der Waals surface area contributed by atoms with Crippen LogP contribution < -0.4 is 0 Å². The molecule has 0 aliphatic heterocycles. The van der Waals surface area contributed by atoms with Gasteiger partial charge in [-0.1, -0.05) is 36.1 Å². The maximum absolute atomic E-state index is 2.43. The summed E-state index contributed by atoms with van der Waals surface area (Å²) in [5, 5.41) is 0. The number of hydrogen-bond acceptors (Lipinski definition) is 0. The lowest BCUT2D eigenvalue weighted by atomic mass is 9.39. The second-order valence-electron chi connectivity index (χ2n) is 5.50. The minimum atomic E-state index is 0.615. The summed E-state index contributed by atoms with van der Waals surface area (Å²) in [7, 11) is 0. The van der Waals surface area contributed by atoms with E-state index in [1.807, 2.05) is 0 Å². The second-order valence-corrected chi connectivity index (χ2v) is 5.50. The van der Waals surface area contributed by atoms with Gasteiger partial charge in [-0.15, -0.1) is 0 Å². The van der Waals surface area contributed by atoms with E-state index in [0.29, 0.717) is 10.8 Å². The van der Waals surface area contributed by atoms with Crippen LogP contribution in [0.3, 0.4) is 0 Å².